The zero-order chi connectivity index (χ0) is 81.6. The van der Waals surface area contributed by atoms with Crippen molar-refractivity contribution in [1.29, 1.82) is 0 Å². The first-order valence-electron chi connectivity index (χ1n) is 44.8. The molecule has 0 aromatic heterocycles. The summed E-state index contributed by atoms with van der Waals surface area (Å²) < 4.78 is 29.1. The zero-order valence-corrected chi connectivity index (χ0v) is 70.9. The van der Waals surface area contributed by atoms with Gasteiger partial charge in [0.1, 0.15) is 59.3 Å². The summed E-state index contributed by atoms with van der Waals surface area (Å²) in [4.78, 5) is 91.2. The number of ether oxygens (including phenoxy) is 5. The molecular weight excluding hydrogens is 1460 g/mol. The number of phenolic OH excluding ortho intramolecular Hbond substituents is 1. The lowest BCUT2D eigenvalue weighted by Crippen LogP contribution is -2.46. The second-order valence-corrected chi connectivity index (χ2v) is 39.3. The number of nitrogens with zero attached hydrogens (tertiary/aromatic N) is 2. The zero-order valence-electron chi connectivity index (χ0n) is 70.9. The highest BCUT2D eigenvalue weighted by atomic mass is 16.7. The third-order valence-electron chi connectivity index (χ3n) is 32.4. The van der Waals surface area contributed by atoms with Crippen LogP contribution in [-0.2, 0) is 49.5 Å². The number of rotatable bonds is 12. The Morgan fingerprint density at radius 3 is 1.49 bits per heavy atom. The van der Waals surface area contributed by atoms with Crippen LogP contribution in [0.25, 0.3) is 0 Å². The molecule has 0 bridgehead atoms. The van der Waals surface area contributed by atoms with E-state index in [1.165, 1.54) is 75.4 Å². The first kappa shape index (κ1) is 81.4. The van der Waals surface area contributed by atoms with Crippen LogP contribution < -0.4 is 14.2 Å². The molecule has 1 heterocycles. The van der Waals surface area contributed by atoms with E-state index in [1.54, 1.807) is 34.4 Å². The number of hydrogen-bond donors (Lipinski definition) is 1. The SMILES string of the molecule is CC(=O)Oc1ccc2c(c1)CCC1C2[C@@H](c2ccc(OCCN(C)C)cc2)C[C@]2(C)C(=O)CCC12.CN(C)CCOc1ccc([C@H]2C[C@]3(C)C(=O)CCC3C3CCC4=CC(=O)CCC4=C32)cc1.C[C@]12CC=C3C4=C(CCC3C1CCC2=O)CC1(CC4)OCCO1.C[C@]12C[C@H](c3ccc(O)cc3)C3=C4CCC(=O)C=C4CCC3C1CCC2=O. The maximum atomic E-state index is 13.1. The Labute approximate surface area is 693 Å². The van der Waals surface area contributed by atoms with Crippen molar-refractivity contribution in [3.63, 3.8) is 0 Å². The molecule has 4 aromatic carbocycles. The highest BCUT2D eigenvalue weighted by Gasteiger charge is 2.61. The van der Waals surface area contributed by atoms with Crippen molar-refractivity contribution in [3.05, 3.63) is 187 Å². The van der Waals surface area contributed by atoms with Crippen LogP contribution in [0.3, 0.4) is 0 Å². The number of aryl methyl sites for hydroxylation is 1. The fourth-order valence-corrected chi connectivity index (χ4v) is 26.6. The second kappa shape index (κ2) is 32.5. The maximum Gasteiger partial charge on any atom is 0.308 e. The molecule has 620 valence electrons. The average Bonchev–Trinajstić information content (AvgIpc) is 1.69. The molecule has 1 N–H and O–H groups in total. The molecule has 0 radical (unpaired) electrons. The van der Waals surface area contributed by atoms with E-state index in [1.807, 2.05) is 58.5 Å². The van der Waals surface area contributed by atoms with E-state index in [4.69, 9.17) is 23.7 Å². The minimum absolute atomic E-state index is 0.0696. The Hall–Kier alpha value is -7.95. The fourth-order valence-electron chi connectivity index (χ4n) is 26.6. The molecule has 7 saturated carbocycles. The van der Waals surface area contributed by atoms with Crippen LogP contribution in [0.5, 0.6) is 23.0 Å². The van der Waals surface area contributed by atoms with Crippen molar-refractivity contribution in [3.8, 4) is 23.0 Å². The molecule has 1 aliphatic heterocycles. The Bertz CT molecular complexity index is 4790. The van der Waals surface area contributed by atoms with Crippen LogP contribution in [0.4, 0.5) is 0 Å². The number of fused-ring (bicyclic) bond motifs is 17. The number of carbonyl (C=O) groups excluding carboxylic acids is 7. The van der Waals surface area contributed by atoms with Crippen LogP contribution in [-0.4, -0.2) is 129 Å². The number of aromatic hydroxyl groups is 1. The molecule has 16 aliphatic rings. The van der Waals surface area contributed by atoms with E-state index < -0.39 is 0 Å². The van der Waals surface area contributed by atoms with Crippen molar-refractivity contribution < 1.29 is 62.4 Å². The van der Waals surface area contributed by atoms with Gasteiger partial charge in [-0.1, -0.05) is 93.0 Å². The minimum Gasteiger partial charge on any atom is -0.508 e. The Balaban J connectivity index is 0.000000113. The summed E-state index contributed by atoms with van der Waals surface area (Å²) in [6, 6.07) is 30.9. The van der Waals surface area contributed by atoms with Gasteiger partial charge in [-0.2, -0.15) is 0 Å². The Morgan fingerprint density at radius 2 is 0.957 bits per heavy atom. The summed E-state index contributed by atoms with van der Waals surface area (Å²) in [7, 11) is 8.18. The molecule has 1 spiro atoms. The van der Waals surface area contributed by atoms with Gasteiger partial charge in [-0.05, 0) is 331 Å². The average molecular weight is 1590 g/mol. The van der Waals surface area contributed by atoms with Crippen molar-refractivity contribution in [2.45, 2.75) is 237 Å². The molecule has 9 unspecified atom stereocenters. The molecule has 8 fully saturated rings. The second-order valence-electron chi connectivity index (χ2n) is 39.3. The van der Waals surface area contributed by atoms with Crippen LogP contribution >= 0.6 is 0 Å². The number of esters is 1. The summed E-state index contributed by atoms with van der Waals surface area (Å²) in [6.45, 7) is 14.9. The first-order valence-corrected chi connectivity index (χ1v) is 44.8. The number of likely N-dealkylation sites (N-methyl/N-ethyl adjacent to an activating group) is 2. The number of Topliss-reactive ketones (excluding diaryl/α,β-unsaturated/α-hetero) is 4. The summed E-state index contributed by atoms with van der Waals surface area (Å²) in [5, 5.41) is 9.73. The molecule has 20 rings (SSSR count). The lowest BCUT2D eigenvalue weighted by molar-refractivity contribution is -0.164. The smallest absolute Gasteiger partial charge is 0.308 e. The Kier molecular flexibility index (Phi) is 22.6. The van der Waals surface area contributed by atoms with Gasteiger partial charge in [0, 0.05) is 105 Å². The van der Waals surface area contributed by atoms with Gasteiger partial charge < -0.3 is 38.6 Å². The number of benzene rings is 4. The van der Waals surface area contributed by atoms with Crippen LogP contribution in [0, 0.1) is 69.0 Å². The molecular formula is C102H124N2O13. The van der Waals surface area contributed by atoms with Gasteiger partial charge in [-0.3, -0.25) is 33.6 Å². The number of hydrogen-bond acceptors (Lipinski definition) is 15. The third-order valence-corrected chi connectivity index (χ3v) is 32.4. The van der Waals surface area contributed by atoms with Gasteiger partial charge in [0.15, 0.2) is 17.4 Å². The quantitative estimate of drug-likeness (QED) is 0.104. The van der Waals surface area contributed by atoms with Crippen LogP contribution in [0.15, 0.2) is 159 Å². The predicted molar refractivity (Wildman–Crippen MR) is 452 cm³/mol. The monoisotopic (exact) mass is 1580 g/mol. The van der Waals surface area contributed by atoms with E-state index in [9.17, 15) is 38.7 Å². The highest BCUT2D eigenvalue weighted by molar-refractivity contribution is 5.94. The van der Waals surface area contributed by atoms with E-state index in [0.717, 1.165) is 173 Å². The molecule has 1 saturated heterocycles. The number of allylic oxidation sites excluding steroid dienone is 11. The number of carbonyl (C=O) groups is 7. The summed E-state index contributed by atoms with van der Waals surface area (Å²) in [6.07, 6.45) is 31.5. The minimum atomic E-state index is -0.307. The van der Waals surface area contributed by atoms with E-state index >= 15 is 0 Å². The maximum absolute atomic E-state index is 13.1. The normalized spacial score (nSPS) is 33.9. The van der Waals surface area contributed by atoms with E-state index in [2.05, 4.69) is 104 Å². The van der Waals surface area contributed by atoms with Crippen molar-refractivity contribution in [2.24, 2.45) is 69.0 Å². The van der Waals surface area contributed by atoms with Crippen LogP contribution in [0.2, 0.25) is 0 Å². The van der Waals surface area contributed by atoms with Crippen molar-refractivity contribution in [1.82, 2.24) is 9.80 Å². The van der Waals surface area contributed by atoms with Gasteiger partial charge >= 0.3 is 5.97 Å². The molecule has 16 atom stereocenters. The van der Waals surface area contributed by atoms with Gasteiger partial charge in [-0.25, -0.2) is 0 Å². The highest BCUT2D eigenvalue weighted by Crippen LogP contribution is 2.68. The van der Waals surface area contributed by atoms with Gasteiger partial charge in [0.2, 0.25) is 0 Å². The number of ketones is 6. The van der Waals surface area contributed by atoms with Crippen molar-refractivity contribution >= 4 is 40.7 Å². The van der Waals surface area contributed by atoms with Gasteiger partial charge in [0.25, 0.3) is 0 Å². The summed E-state index contributed by atoms with van der Waals surface area (Å²) in [5.74, 6) is 9.56. The number of phenols is 1. The van der Waals surface area contributed by atoms with E-state index in [-0.39, 0.29) is 68.5 Å². The summed E-state index contributed by atoms with van der Waals surface area (Å²) >= 11 is 0. The van der Waals surface area contributed by atoms with Crippen molar-refractivity contribution in [2.75, 3.05) is 67.7 Å². The predicted octanol–water partition coefficient (Wildman–Crippen LogP) is 19.3. The molecule has 4 aromatic rings. The van der Waals surface area contributed by atoms with Crippen LogP contribution in [0.1, 0.15) is 253 Å². The Morgan fingerprint density at radius 1 is 0.479 bits per heavy atom. The summed E-state index contributed by atoms with van der Waals surface area (Å²) in [5.41, 5.74) is 18.9. The van der Waals surface area contributed by atoms with Gasteiger partial charge in [-0.15, -0.1) is 0 Å². The largest absolute Gasteiger partial charge is 0.508 e. The molecule has 0 amide bonds. The van der Waals surface area contributed by atoms with E-state index in [0.29, 0.717) is 121 Å². The molecule has 15 heteroatoms. The topological polar surface area (TPSA) is 192 Å². The third kappa shape index (κ3) is 15.3. The fraction of sp³-hybridized carbons (Fsp3) is 0.578. The molecule has 15 nitrogen and oxygen atoms in total. The molecule has 117 heavy (non-hydrogen) atoms. The molecule has 15 aliphatic carbocycles. The standard InChI is InChI=1S/C30H37NO4.C28H35NO3.C24H26O3.C20H26O3/c1-19(32)35-23-10-12-24-21(17-23)7-11-25-27-13-14-28(33)30(27,2)18-26(29(24)25)20-5-8-22(9-6-20)34-16-15-31(3)4;1-28-17-24(18-4-8-21(9-5-18)32-15-14-29(2)3)27-22-11-7-20(30)16-19(22)6-10-23(27)25(28)12-13-26(28)31;1-24-13-20(14-2-5-16(25)6-3-14)23-18-9-7-17(26)12-15(18)4-8-19(23)21(24)10-11-22(24)27;1-19-8-6-15-14-7-9-20(22-10-11-23-20)12-13(14)2-3-16(15)17(19)4-5-18(19)21/h5-6,8-10,12,17,25-27,29H,7,11,13-16,18H2,1-4H3;4-5,8-9,16,23-25H,6-7,10-15,17H2,1-3H3;2-3,5-6,12,19-21,25H,4,7-11,13H2,1H3;6,16-17H,2-5,7-12H2,1H3/t25?,26-,27?,29?,30+;23?,24-,25?,28+;19?,20-,21?,24+;16?,17?,19-/m1110/s1. The lowest BCUT2D eigenvalue weighted by Gasteiger charge is -2.52. The van der Waals surface area contributed by atoms with Gasteiger partial charge in [0.05, 0.1) is 13.2 Å². The lowest BCUT2D eigenvalue weighted by atomic mass is 9.51. The first-order chi connectivity index (χ1) is 56.2.